The van der Waals surface area contributed by atoms with E-state index in [-0.39, 0.29) is 35.9 Å². The number of aryl methyl sites for hydroxylation is 1. The summed E-state index contributed by atoms with van der Waals surface area (Å²) in [5.41, 5.74) is 13.2. The molecule has 0 radical (unpaired) electrons. The van der Waals surface area contributed by atoms with Gasteiger partial charge in [0.1, 0.15) is 6.61 Å². The molecule has 1 aromatic heterocycles. The van der Waals surface area contributed by atoms with Gasteiger partial charge in [0.15, 0.2) is 0 Å². The summed E-state index contributed by atoms with van der Waals surface area (Å²) in [5, 5.41) is 21.6. The van der Waals surface area contributed by atoms with Crippen LogP contribution in [0.1, 0.15) is 45.4 Å². The molecule has 53 heavy (non-hydrogen) atoms. The highest BCUT2D eigenvalue weighted by atomic mass is 32.1. The summed E-state index contributed by atoms with van der Waals surface area (Å²) in [7, 11) is 0. The molecule has 1 fully saturated rings. The number of aliphatic hydroxyl groups excluding tert-OH is 1. The number of β-amino-alcohol motifs (C(OH)–C–C–N with tert-alkyl or cyclic N) is 1. The maximum atomic E-state index is 12.0. The van der Waals surface area contributed by atoms with Crippen molar-refractivity contribution in [1.82, 2.24) is 20.9 Å². The van der Waals surface area contributed by atoms with Crippen molar-refractivity contribution < 1.29 is 43.1 Å². The SMILES string of the molecule is C[C@H](NC(=O)COCCOCCOCCOCCOCCOCCN=[N+]=[N-])C(C)(C)C.Cc1ncsc1-c1ccc(CNC(=O)C2C[C@@H](O)CN2)cc1. The van der Waals surface area contributed by atoms with E-state index in [1.165, 1.54) is 4.88 Å². The van der Waals surface area contributed by atoms with Gasteiger partial charge < -0.3 is 49.5 Å². The molecule has 0 aliphatic carbocycles. The Kier molecular flexibility index (Phi) is 23.7. The van der Waals surface area contributed by atoms with Gasteiger partial charge in [-0.2, -0.15) is 0 Å². The van der Waals surface area contributed by atoms with Crippen LogP contribution in [0.15, 0.2) is 34.9 Å². The Hall–Kier alpha value is -3.22. The minimum absolute atomic E-state index is 0.0171. The van der Waals surface area contributed by atoms with Crippen molar-refractivity contribution in [2.45, 2.75) is 65.8 Å². The summed E-state index contributed by atoms with van der Waals surface area (Å²) in [5.74, 6) is -0.175. The third-order valence-electron chi connectivity index (χ3n) is 8.02. The van der Waals surface area contributed by atoms with Crippen LogP contribution in [0.2, 0.25) is 0 Å². The van der Waals surface area contributed by atoms with E-state index in [9.17, 15) is 14.7 Å². The summed E-state index contributed by atoms with van der Waals surface area (Å²) in [6.07, 6.45) is 0.0628. The molecular weight excluding hydrogens is 707 g/mol. The van der Waals surface area contributed by atoms with Crippen LogP contribution in [0, 0.1) is 12.3 Å². The highest BCUT2D eigenvalue weighted by Crippen LogP contribution is 2.27. The number of rotatable bonds is 25. The first-order chi connectivity index (χ1) is 25.5. The summed E-state index contributed by atoms with van der Waals surface area (Å²) in [6, 6.07) is 7.95. The molecule has 2 aromatic rings. The molecular formula is C36H59N7O9S. The fourth-order valence-electron chi connectivity index (χ4n) is 4.50. The van der Waals surface area contributed by atoms with Crippen molar-refractivity contribution >= 4 is 23.2 Å². The van der Waals surface area contributed by atoms with Gasteiger partial charge in [0, 0.05) is 30.6 Å². The number of carbonyl (C=O) groups excluding carboxylic acids is 2. The van der Waals surface area contributed by atoms with Crippen LogP contribution in [0.4, 0.5) is 0 Å². The summed E-state index contributed by atoms with van der Waals surface area (Å²) in [4.78, 5) is 31.8. The molecule has 2 amide bonds. The lowest BCUT2D eigenvalue weighted by molar-refractivity contribution is -0.127. The normalized spacial score (nSPS) is 16.0. The van der Waals surface area contributed by atoms with Crippen LogP contribution in [0.3, 0.4) is 0 Å². The fraction of sp³-hybridized carbons (Fsp3) is 0.694. The molecule has 0 saturated carbocycles. The molecule has 1 aliphatic heterocycles. The average molecular weight is 766 g/mol. The van der Waals surface area contributed by atoms with Gasteiger partial charge in [-0.1, -0.05) is 50.2 Å². The number of azide groups is 1. The Labute approximate surface area is 317 Å². The number of hydrogen-bond donors (Lipinski definition) is 4. The first-order valence-corrected chi connectivity index (χ1v) is 18.8. The second kappa shape index (κ2) is 27.4. The average Bonchev–Trinajstić information content (AvgIpc) is 3.77. The molecule has 1 aliphatic rings. The van der Waals surface area contributed by atoms with E-state index in [1.54, 1.807) is 11.3 Å². The lowest BCUT2D eigenvalue weighted by atomic mass is 9.88. The highest BCUT2D eigenvalue weighted by Gasteiger charge is 2.27. The van der Waals surface area contributed by atoms with Crippen molar-refractivity contribution in [3.63, 3.8) is 0 Å². The van der Waals surface area contributed by atoms with Crippen molar-refractivity contribution in [2.24, 2.45) is 10.5 Å². The first kappa shape index (κ1) is 45.9. The molecule has 3 rings (SSSR count). The second-order valence-corrected chi connectivity index (χ2v) is 14.1. The van der Waals surface area contributed by atoms with E-state index < -0.39 is 6.10 Å². The number of thiazole rings is 1. The number of ether oxygens (including phenoxy) is 6. The number of aliphatic hydroxyl groups is 1. The molecule has 2 heterocycles. The standard InChI is InChI=1S/C20H40N4O7.C16H19N3O2S/c1-18(20(2,3)4)23-19(25)17-31-16-15-30-14-13-29-12-11-28-10-9-27-8-7-26-6-5-22-24-21;1-10-15(22-9-19-10)12-4-2-11(3-5-12)7-18-16(21)14-6-13(20)8-17-14/h18H,5-17H2,1-4H3,(H,23,25);2-5,9,13-14,17,20H,6-8H2,1H3,(H,18,21)/t18-;13-,14?/m01/s1. The highest BCUT2D eigenvalue weighted by molar-refractivity contribution is 7.13. The van der Waals surface area contributed by atoms with E-state index >= 15 is 0 Å². The number of nitrogens with zero attached hydrogens (tertiary/aromatic N) is 4. The van der Waals surface area contributed by atoms with Gasteiger partial charge in [-0.25, -0.2) is 4.98 Å². The van der Waals surface area contributed by atoms with Crippen LogP contribution in [-0.2, 0) is 44.6 Å². The van der Waals surface area contributed by atoms with E-state index in [2.05, 4.69) is 63.9 Å². The monoisotopic (exact) mass is 765 g/mol. The Morgan fingerprint density at radius 2 is 1.51 bits per heavy atom. The Morgan fingerprint density at radius 1 is 0.962 bits per heavy atom. The Morgan fingerprint density at radius 3 is 1.98 bits per heavy atom. The van der Waals surface area contributed by atoms with Gasteiger partial charge in [0.05, 0.1) is 101 Å². The van der Waals surface area contributed by atoms with Crippen molar-refractivity contribution in [1.29, 1.82) is 0 Å². The molecule has 0 bridgehead atoms. The van der Waals surface area contributed by atoms with Gasteiger partial charge in [-0.05, 0) is 42.3 Å². The first-order valence-electron chi connectivity index (χ1n) is 18.0. The van der Waals surface area contributed by atoms with E-state index in [4.69, 9.17) is 34.0 Å². The van der Waals surface area contributed by atoms with E-state index in [0.717, 1.165) is 16.8 Å². The smallest absolute Gasteiger partial charge is 0.246 e. The van der Waals surface area contributed by atoms with Crippen LogP contribution in [-0.4, -0.2) is 132 Å². The topological polar surface area (TPSA) is 207 Å². The van der Waals surface area contributed by atoms with Gasteiger partial charge >= 0.3 is 0 Å². The molecule has 17 heteroatoms. The van der Waals surface area contributed by atoms with Crippen LogP contribution in [0.5, 0.6) is 0 Å². The number of aromatic nitrogens is 1. The fourth-order valence-corrected chi connectivity index (χ4v) is 5.31. The van der Waals surface area contributed by atoms with Crippen molar-refractivity contribution in [3.05, 3.63) is 51.5 Å². The minimum atomic E-state index is -0.419. The number of carbonyl (C=O) groups is 2. The maximum Gasteiger partial charge on any atom is 0.246 e. The summed E-state index contributed by atoms with van der Waals surface area (Å²) >= 11 is 1.63. The molecule has 1 saturated heterocycles. The third kappa shape index (κ3) is 21.3. The van der Waals surface area contributed by atoms with Crippen molar-refractivity contribution in [3.8, 4) is 10.4 Å². The minimum Gasteiger partial charge on any atom is -0.392 e. The lowest BCUT2D eigenvalue weighted by Gasteiger charge is -2.28. The van der Waals surface area contributed by atoms with Crippen LogP contribution >= 0.6 is 11.3 Å². The van der Waals surface area contributed by atoms with Crippen molar-refractivity contribution in [2.75, 3.05) is 92.4 Å². The Balaban J connectivity index is 0.000000385. The molecule has 3 atom stereocenters. The van der Waals surface area contributed by atoms with Gasteiger partial charge in [-0.15, -0.1) is 11.3 Å². The predicted molar refractivity (Wildman–Crippen MR) is 203 cm³/mol. The zero-order valence-electron chi connectivity index (χ0n) is 31.8. The zero-order valence-corrected chi connectivity index (χ0v) is 32.7. The van der Waals surface area contributed by atoms with E-state index in [0.29, 0.717) is 98.7 Å². The largest absolute Gasteiger partial charge is 0.392 e. The van der Waals surface area contributed by atoms with Crippen LogP contribution < -0.4 is 16.0 Å². The molecule has 1 unspecified atom stereocenters. The summed E-state index contributed by atoms with van der Waals surface area (Å²) in [6.45, 7) is 16.5. The van der Waals surface area contributed by atoms with Gasteiger partial charge in [-0.3, -0.25) is 9.59 Å². The second-order valence-electron chi connectivity index (χ2n) is 13.3. The predicted octanol–water partition coefficient (Wildman–Crippen LogP) is 3.40. The van der Waals surface area contributed by atoms with Gasteiger partial charge in [0.2, 0.25) is 11.8 Å². The molecule has 0 spiro atoms. The lowest BCUT2D eigenvalue weighted by Crippen LogP contribution is -2.43. The number of benzene rings is 1. The summed E-state index contributed by atoms with van der Waals surface area (Å²) < 4.78 is 32.0. The quantitative estimate of drug-likeness (QED) is 0.0499. The Bertz CT molecular complexity index is 1340. The number of amides is 2. The third-order valence-corrected chi connectivity index (χ3v) is 9.00. The molecule has 298 valence electrons. The molecule has 1 aromatic carbocycles. The number of hydrogen-bond acceptors (Lipinski definition) is 13. The maximum absolute atomic E-state index is 12.0. The van der Waals surface area contributed by atoms with Gasteiger partial charge in [0.25, 0.3) is 0 Å². The number of nitrogens with one attached hydrogen (secondary N) is 3. The van der Waals surface area contributed by atoms with E-state index in [1.807, 2.05) is 31.5 Å². The molecule has 16 nitrogen and oxygen atoms in total. The van der Waals surface area contributed by atoms with Crippen LogP contribution in [0.25, 0.3) is 20.9 Å². The molecule has 4 N–H and O–H groups in total. The zero-order chi connectivity index (χ0) is 38.7.